The minimum absolute atomic E-state index is 0.0170. The van der Waals surface area contributed by atoms with Crippen LogP contribution in [-0.2, 0) is 55.7 Å². The summed E-state index contributed by atoms with van der Waals surface area (Å²) in [5.41, 5.74) is 9.86. The fraction of sp³-hybridized carbons (Fsp3) is 0.318. The second-order valence-electron chi connectivity index (χ2n) is 13.9. The van der Waals surface area contributed by atoms with Crippen LogP contribution in [0.2, 0.25) is 5.02 Å². The van der Waals surface area contributed by atoms with E-state index in [9.17, 15) is 9.90 Å². The summed E-state index contributed by atoms with van der Waals surface area (Å²) in [5.74, 6) is 3.24. The number of hydrogen-bond donors (Lipinski definition) is 1. The standard InChI is InChI=1S/C44H47ClN6O5S2/c1-7-51-37(39(27(2)47-51)40-36(45)17-16-35-34(11-9-19-52)43(44(53)55-6)49(3)42(35)40)26-57-24-30-21-31(50(4)48-30)25-58-33-20-29-10-8-18-46-41(29)38(22-33)56-23-28-12-14-32(54-5)15-13-28/h8,10,12-18,20-22,52H,7,9,11,19,23-26H2,1-6H3. The van der Waals surface area contributed by atoms with Crippen molar-refractivity contribution < 1.29 is 24.1 Å². The summed E-state index contributed by atoms with van der Waals surface area (Å²) in [6.07, 6.45) is 2.84. The molecule has 58 heavy (non-hydrogen) atoms. The highest BCUT2D eigenvalue weighted by atomic mass is 35.5. The lowest BCUT2D eigenvalue weighted by Gasteiger charge is -2.13. The fourth-order valence-electron chi connectivity index (χ4n) is 7.46. The van der Waals surface area contributed by atoms with Gasteiger partial charge < -0.3 is 23.9 Å². The highest BCUT2D eigenvalue weighted by Crippen LogP contribution is 2.43. The van der Waals surface area contributed by atoms with Crippen molar-refractivity contribution in [2.75, 3.05) is 20.8 Å². The lowest BCUT2D eigenvalue weighted by molar-refractivity contribution is 0.0589. The lowest BCUT2D eigenvalue weighted by Crippen LogP contribution is -2.10. The molecule has 0 spiro atoms. The number of fused-ring (bicyclic) bond motifs is 2. The molecule has 0 aliphatic heterocycles. The van der Waals surface area contributed by atoms with Gasteiger partial charge in [0.25, 0.3) is 0 Å². The van der Waals surface area contributed by atoms with Crippen molar-refractivity contribution in [3.63, 3.8) is 0 Å². The molecule has 4 aromatic heterocycles. The minimum Gasteiger partial charge on any atom is -0.497 e. The topological polar surface area (TPSA) is 118 Å². The van der Waals surface area contributed by atoms with E-state index in [1.165, 1.54) is 7.11 Å². The number of ether oxygens (including phenoxy) is 3. The molecule has 7 aromatic rings. The molecular weight excluding hydrogens is 792 g/mol. The van der Waals surface area contributed by atoms with E-state index in [-0.39, 0.29) is 6.61 Å². The first-order valence-corrected chi connectivity index (χ1v) is 21.6. The fourth-order valence-corrected chi connectivity index (χ4v) is 9.63. The van der Waals surface area contributed by atoms with Crippen molar-refractivity contribution in [3.05, 3.63) is 118 Å². The number of carbonyl (C=O) groups excluding carboxylic acids is 1. The maximum Gasteiger partial charge on any atom is 0.354 e. The Morgan fingerprint density at radius 1 is 0.966 bits per heavy atom. The molecule has 0 amide bonds. The molecule has 1 N–H and O–H groups in total. The minimum atomic E-state index is -0.423. The largest absolute Gasteiger partial charge is 0.497 e. The molecule has 0 aliphatic rings. The van der Waals surface area contributed by atoms with Crippen molar-refractivity contribution in [1.82, 2.24) is 29.1 Å². The van der Waals surface area contributed by atoms with Crippen molar-refractivity contribution in [2.24, 2.45) is 14.1 Å². The lowest BCUT2D eigenvalue weighted by atomic mass is 9.98. The monoisotopic (exact) mass is 838 g/mol. The maximum absolute atomic E-state index is 13.1. The van der Waals surface area contributed by atoms with Crippen LogP contribution in [-0.4, -0.2) is 61.0 Å². The number of nitrogens with zero attached hydrogens (tertiary/aromatic N) is 6. The van der Waals surface area contributed by atoms with Crippen LogP contribution in [0.15, 0.2) is 77.8 Å². The van der Waals surface area contributed by atoms with E-state index < -0.39 is 5.97 Å². The van der Waals surface area contributed by atoms with Crippen LogP contribution in [0.1, 0.15) is 57.7 Å². The van der Waals surface area contributed by atoms with Gasteiger partial charge in [-0.3, -0.25) is 14.3 Å². The molecule has 14 heteroatoms. The highest BCUT2D eigenvalue weighted by Gasteiger charge is 2.28. The molecule has 0 saturated carbocycles. The van der Waals surface area contributed by atoms with Crippen LogP contribution in [0.5, 0.6) is 11.5 Å². The number of pyridine rings is 1. The first-order valence-electron chi connectivity index (χ1n) is 19.1. The molecule has 0 saturated heterocycles. The first kappa shape index (κ1) is 41.2. The summed E-state index contributed by atoms with van der Waals surface area (Å²) in [7, 11) is 6.91. The zero-order valence-corrected chi connectivity index (χ0v) is 35.9. The summed E-state index contributed by atoms with van der Waals surface area (Å²) < 4.78 is 22.7. The number of aromatic nitrogens is 6. The summed E-state index contributed by atoms with van der Waals surface area (Å²) >= 11 is 10.6. The van der Waals surface area contributed by atoms with Gasteiger partial charge in [0.15, 0.2) is 0 Å². The summed E-state index contributed by atoms with van der Waals surface area (Å²) in [6, 6.07) is 22.1. The van der Waals surface area contributed by atoms with Crippen LogP contribution >= 0.6 is 35.1 Å². The van der Waals surface area contributed by atoms with E-state index in [2.05, 4.69) is 36.2 Å². The Hall–Kier alpha value is -4.95. The zero-order chi connectivity index (χ0) is 40.9. The molecule has 302 valence electrons. The number of methoxy groups -OCH3 is 2. The van der Waals surface area contributed by atoms with E-state index in [4.69, 9.17) is 36.0 Å². The van der Waals surface area contributed by atoms with Crippen LogP contribution in [0.3, 0.4) is 0 Å². The predicted molar refractivity (Wildman–Crippen MR) is 233 cm³/mol. The number of halogens is 1. The average molecular weight is 839 g/mol. The van der Waals surface area contributed by atoms with E-state index in [0.717, 1.165) is 89.0 Å². The third-order valence-electron chi connectivity index (χ3n) is 10.3. The zero-order valence-electron chi connectivity index (χ0n) is 33.5. The molecule has 7 rings (SSSR count). The summed E-state index contributed by atoms with van der Waals surface area (Å²) in [6.45, 7) is 5.22. The van der Waals surface area contributed by atoms with Crippen LogP contribution in [0, 0.1) is 6.92 Å². The van der Waals surface area contributed by atoms with Crippen molar-refractivity contribution >= 4 is 62.9 Å². The second-order valence-corrected chi connectivity index (χ2v) is 16.4. The number of hydrogen-bond acceptors (Lipinski definition) is 10. The van der Waals surface area contributed by atoms with Crippen molar-refractivity contribution in [2.45, 2.75) is 62.0 Å². The number of carbonyl (C=O) groups is 1. The van der Waals surface area contributed by atoms with Gasteiger partial charge in [0.2, 0.25) is 0 Å². The smallest absolute Gasteiger partial charge is 0.354 e. The van der Waals surface area contributed by atoms with Crippen molar-refractivity contribution in [1.29, 1.82) is 0 Å². The predicted octanol–water partition coefficient (Wildman–Crippen LogP) is 9.33. The van der Waals surface area contributed by atoms with Crippen LogP contribution in [0.25, 0.3) is 32.9 Å². The molecule has 4 heterocycles. The van der Waals surface area contributed by atoms with Gasteiger partial charge in [0, 0.05) is 83.2 Å². The van der Waals surface area contributed by atoms with E-state index in [0.29, 0.717) is 48.2 Å². The molecular formula is C44H47ClN6O5S2. The first-order chi connectivity index (χ1) is 28.1. The van der Waals surface area contributed by atoms with E-state index >= 15 is 0 Å². The number of thioether (sulfide) groups is 2. The molecule has 11 nitrogen and oxygen atoms in total. The second kappa shape index (κ2) is 18.3. The number of aliphatic hydroxyl groups excluding tert-OH is 1. The van der Waals surface area contributed by atoms with Crippen molar-refractivity contribution in [3.8, 4) is 22.6 Å². The van der Waals surface area contributed by atoms with Gasteiger partial charge in [-0.15, -0.1) is 23.5 Å². The molecule has 0 aliphatic carbocycles. The Balaban J connectivity index is 1.09. The van der Waals surface area contributed by atoms with Gasteiger partial charge in [-0.1, -0.05) is 35.9 Å². The molecule has 3 aromatic carbocycles. The maximum atomic E-state index is 13.1. The number of rotatable bonds is 17. The summed E-state index contributed by atoms with van der Waals surface area (Å²) in [5, 5.41) is 22.0. The van der Waals surface area contributed by atoms with Crippen LogP contribution in [0.4, 0.5) is 0 Å². The van der Waals surface area contributed by atoms with E-state index in [1.807, 2.05) is 77.4 Å². The van der Waals surface area contributed by atoms with Crippen LogP contribution < -0.4 is 9.47 Å². The third-order valence-corrected chi connectivity index (χ3v) is 12.6. The number of benzene rings is 3. The van der Waals surface area contributed by atoms with Gasteiger partial charge in [-0.05, 0) is 80.3 Å². The molecule has 0 radical (unpaired) electrons. The Morgan fingerprint density at radius 2 is 1.78 bits per heavy atom. The SMILES string of the molecule is CCn1nc(C)c(-c2c(Cl)ccc3c(CCCO)c(C(=O)OC)n(C)c23)c1CSCc1cc(CSc2cc(OCc3ccc(OC)cc3)c3ncccc3c2)n(C)n1. The Labute approximate surface area is 351 Å². The Bertz CT molecular complexity index is 2580. The highest BCUT2D eigenvalue weighted by molar-refractivity contribution is 7.98. The molecule has 0 atom stereocenters. The number of aryl methyl sites for hydroxylation is 5. The molecule has 0 unspecified atom stereocenters. The van der Waals surface area contributed by atoms with Gasteiger partial charge >= 0.3 is 5.97 Å². The quantitative estimate of drug-likeness (QED) is 0.0703. The molecule has 0 bridgehead atoms. The van der Waals surface area contributed by atoms with Gasteiger partial charge in [0.05, 0.1) is 41.8 Å². The average Bonchev–Trinajstić information content (AvgIpc) is 3.86. The summed E-state index contributed by atoms with van der Waals surface area (Å²) in [4.78, 5) is 18.8. The normalized spacial score (nSPS) is 11.5. The van der Waals surface area contributed by atoms with Gasteiger partial charge in [-0.2, -0.15) is 10.2 Å². The number of aliphatic hydroxyl groups is 1. The third kappa shape index (κ3) is 8.45. The number of esters is 1. The Morgan fingerprint density at radius 3 is 2.52 bits per heavy atom. The Kier molecular flexibility index (Phi) is 13.0. The van der Waals surface area contributed by atoms with Gasteiger partial charge in [0.1, 0.15) is 29.3 Å². The molecule has 0 fully saturated rings. The van der Waals surface area contributed by atoms with E-state index in [1.54, 1.807) is 36.8 Å². The van der Waals surface area contributed by atoms with Gasteiger partial charge in [-0.25, -0.2) is 4.79 Å².